The highest BCUT2D eigenvalue weighted by molar-refractivity contribution is 7.90. The molecule has 0 amide bonds. The largest absolute Gasteiger partial charge is 0.282 e. The minimum Gasteiger partial charge on any atom is -0.233 e. The number of halogens is 4. The van der Waals surface area contributed by atoms with Crippen LogP contribution < -0.4 is 0 Å². The number of rotatable bonds is 4. The average Bonchev–Trinajstić information content (AvgIpc) is 3.01. The Morgan fingerprint density at radius 1 is 1.11 bits per heavy atom. The van der Waals surface area contributed by atoms with Gasteiger partial charge < -0.3 is 0 Å². The van der Waals surface area contributed by atoms with E-state index in [9.17, 15) is 21.6 Å². The summed E-state index contributed by atoms with van der Waals surface area (Å²) in [5, 5.41) is 4.38. The highest BCUT2D eigenvalue weighted by Crippen LogP contribution is 2.31. The van der Waals surface area contributed by atoms with Gasteiger partial charge in [0.15, 0.2) is 9.84 Å². The van der Waals surface area contributed by atoms with Gasteiger partial charge in [0.2, 0.25) is 0 Å². The molecule has 0 atom stereocenters. The van der Waals surface area contributed by atoms with Gasteiger partial charge in [-0.2, -0.15) is 5.10 Å². The van der Waals surface area contributed by atoms with Crippen LogP contribution in [-0.4, -0.2) is 24.5 Å². The van der Waals surface area contributed by atoms with E-state index in [1.807, 2.05) is 0 Å². The molecule has 9 heteroatoms. The summed E-state index contributed by atoms with van der Waals surface area (Å²) >= 11 is 6.01. The van der Waals surface area contributed by atoms with Gasteiger partial charge in [0.05, 0.1) is 11.4 Å². The maximum atomic E-state index is 14.3. The van der Waals surface area contributed by atoms with Crippen molar-refractivity contribution in [1.82, 2.24) is 9.78 Å². The Kier molecular flexibility index (Phi) is 5.05. The Labute approximate surface area is 159 Å². The molecule has 27 heavy (non-hydrogen) atoms. The summed E-state index contributed by atoms with van der Waals surface area (Å²) in [6.45, 7) is 1.77. The third-order valence-electron chi connectivity index (χ3n) is 3.97. The van der Waals surface area contributed by atoms with Crippen LogP contribution in [0.15, 0.2) is 47.4 Å². The van der Waals surface area contributed by atoms with Gasteiger partial charge in [-0.25, -0.2) is 26.3 Å². The summed E-state index contributed by atoms with van der Waals surface area (Å²) in [4.78, 5) is -0.476. The molecule has 2 aromatic carbocycles. The van der Waals surface area contributed by atoms with E-state index < -0.39 is 32.7 Å². The van der Waals surface area contributed by atoms with Crippen molar-refractivity contribution < 1.29 is 21.6 Å². The number of nitrogens with zero attached hydrogens (tertiary/aromatic N) is 2. The summed E-state index contributed by atoms with van der Waals surface area (Å²) in [6.07, 6.45) is -1.94. The van der Waals surface area contributed by atoms with E-state index in [0.717, 1.165) is 28.6 Å². The molecule has 0 spiro atoms. The highest BCUT2D eigenvalue weighted by atomic mass is 35.5. The third kappa shape index (κ3) is 3.86. The van der Waals surface area contributed by atoms with Crippen LogP contribution in [0.5, 0.6) is 0 Å². The lowest BCUT2D eigenvalue weighted by molar-refractivity contribution is 0.145. The number of hydrogen-bond acceptors (Lipinski definition) is 3. The molecule has 3 rings (SSSR count). The molecule has 0 aliphatic rings. The number of sulfone groups is 1. The quantitative estimate of drug-likeness (QED) is 0.605. The number of hydrogen-bond donors (Lipinski definition) is 0. The Morgan fingerprint density at radius 2 is 1.81 bits per heavy atom. The van der Waals surface area contributed by atoms with E-state index in [4.69, 9.17) is 11.6 Å². The minimum absolute atomic E-state index is 0.120. The molecule has 0 bridgehead atoms. The van der Waals surface area contributed by atoms with Crippen molar-refractivity contribution in [2.24, 2.45) is 0 Å². The monoisotopic (exact) mass is 414 g/mol. The molecule has 4 nitrogen and oxygen atoms in total. The first kappa shape index (κ1) is 19.4. The van der Waals surface area contributed by atoms with Crippen LogP contribution in [-0.2, 0) is 9.84 Å². The number of aromatic nitrogens is 2. The van der Waals surface area contributed by atoms with Crippen molar-refractivity contribution >= 4 is 21.4 Å². The number of benzene rings is 2. The van der Waals surface area contributed by atoms with E-state index in [1.54, 1.807) is 25.1 Å². The molecular formula is C18H14ClF3N2O2S. The zero-order chi connectivity index (χ0) is 19.9. The van der Waals surface area contributed by atoms with Crippen molar-refractivity contribution in [3.63, 3.8) is 0 Å². The predicted molar refractivity (Wildman–Crippen MR) is 96.8 cm³/mol. The van der Waals surface area contributed by atoms with Gasteiger partial charge in [-0.1, -0.05) is 17.7 Å². The zero-order valence-electron chi connectivity index (χ0n) is 14.2. The zero-order valence-corrected chi connectivity index (χ0v) is 15.8. The summed E-state index contributed by atoms with van der Waals surface area (Å²) in [6, 6.07) is 9.51. The molecule has 0 saturated heterocycles. The maximum Gasteiger partial charge on any atom is 0.282 e. The number of alkyl halides is 2. The topological polar surface area (TPSA) is 52.0 Å². The Balaban J connectivity index is 2.20. The van der Waals surface area contributed by atoms with Gasteiger partial charge in [0.1, 0.15) is 16.4 Å². The molecule has 0 fully saturated rings. The van der Waals surface area contributed by atoms with Gasteiger partial charge >= 0.3 is 0 Å². The van der Waals surface area contributed by atoms with Crippen LogP contribution >= 0.6 is 11.6 Å². The molecule has 0 saturated carbocycles. The molecule has 0 aliphatic carbocycles. The SMILES string of the molecule is Cc1cc(-c2cc(C(F)F)nn2-c2ccc(S(C)(=O)=O)c(F)c2)ccc1Cl. The molecular weight excluding hydrogens is 401 g/mol. The molecule has 0 N–H and O–H groups in total. The van der Waals surface area contributed by atoms with Gasteiger partial charge in [-0.05, 0) is 42.8 Å². The Morgan fingerprint density at radius 3 is 2.37 bits per heavy atom. The van der Waals surface area contributed by atoms with Gasteiger partial charge in [0, 0.05) is 22.9 Å². The lowest BCUT2D eigenvalue weighted by Gasteiger charge is -2.10. The van der Waals surface area contributed by atoms with Crippen LogP contribution in [0.25, 0.3) is 16.9 Å². The second-order valence-corrected chi connectivity index (χ2v) is 8.41. The van der Waals surface area contributed by atoms with E-state index in [2.05, 4.69) is 5.10 Å². The molecule has 0 aliphatic heterocycles. The van der Waals surface area contributed by atoms with E-state index in [-0.39, 0.29) is 5.69 Å². The fourth-order valence-electron chi connectivity index (χ4n) is 2.63. The second-order valence-electron chi connectivity index (χ2n) is 6.02. The molecule has 1 heterocycles. The maximum absolute atomic E-state index is 14.3. The summed E-state index contributed by atoms with van der Waals surface area (Å²) in [5.74, 6) is -0.984. The van der Waals surface area contributed by atoms with E-state index >= 15 is 0 Å². The number of aryl methyl sites for hydroxylation is 1. The lowest BCUT2D eigenvalue weighted by atomic mass is 10.1. The van der Waals surface area contributed by atoms with Crippen molar-refractivity contribution in [2.45, 2.75) is 18.2 Å². The summed E-state index contributed by atoms with van der Waals surface area (Å²) in [5.41, 5.74) is 1.24. The fraction of sp³-hybridized carbons (Fsp3) is 0.167. The third-order valence-corrected chi connectivity index (χ3v) is 5.52. The van der Waals surface area contributed by atoms with E-state index in [0.29, 0.717) is 16.3 Å². The van der Waals surface area contributed by atoms with Crippen molar-refractivity contribution in [1.29, 1.82) is 0 Å². The Hall–Kier alpha value is -2.32. The standard InChI is InChI=1S/C18H14ClF3N2O2S/c1-10-7-11(3-5-13(10)19)16-9-15(18(21)22)23-24(16)12-4-6-17(14(20)8-12)27(2,25)26/h3-9,18H,1-2H3. The van der Waals surface area contributed by atoms with Crippen LogP contribution in [0.3, 0.4) is 0 Å². The Bertz CT molecular complexity index is 1130. The first-order valence-electron chi connectivity index (χ1n) is 7.72. The van der Waals surface area contributed by atoms with E-state index in [1.165, 1.54) is 12.1 Å². The molecule has 3 aromatic rings. The summed E-state index contributed by atoms with van der Waals surface area (Å²) in [7, 11) is -3.75. The van der Waals surface area contributed by atoms with Gasteiger partial charge in [-0.3, -0.25) is 0 Å². The predicted octanol–water partition coefficient (Wildman–Crippen LogP) is 4.98. The van der Waals surface area contributed by atoms with Crippen LogP contribution in [0, 0.1) is 12.7 Å². The fourth-order valence-corrected chi connectivity index (χ4v) is 3.48. The molecule has 1 aromatic heterocycles. The first-order valence-corrected chi connectivity index (χ1v) is 9.99. The lowest BCUT2D eigenvalue weighted by Crippen LogP contribution is -2.05. The van der Waals surface area contributed by atoms with Crippen LogP contribution in [0.1, 0.15) is 17.7 Å². The van der Waals surface area contributed by atoms with Crippen molar-refractivity contribution in [3.8, 4) is 16.9 Å². The second kappa shape index (κ2) is 7.01. The normalized spacial score (nSPS) is 12.0. The van der Waals surface area contributed by atoms with Crippen LogP contribution in [0.2, 0.25) is 5.02 Å². The van der Waals surface area contributed by atoms with Gasteiger partial charge in [0.25, 0.3) is 6.43 Å². The van der Waals surface area contributed by atoms with Crippen molar-refractivity contribution in [3.05, 3.63) is 64.6 Å². The minimum atomic E-state index is -3.75. The van der Waals surface area contributed by atoms with Crippen LogP contribution in [0.4, 0.5) is 13.2 Å². The molecule has 0 radical (unpaired) electrons. The average molecular weight is 415 g/mol. The molecule has 0 unspecified atom stereocenters. The smallest absolute Gasteiger partial charge is 0.233 e. The van der Waals surface area contributed by atoms with Gasteiger partial charge in [-0.15, -0.1) is 0 Å². The molecule has 142 valence electrons. The summed E-state index contributed by atoms with van der Waals surface area (Å²) < 4.78 is 64.9. The van der Waals surface area contributed by atoms with Crippen molar-refractivity contribution in [2.75, 3.05) is 6.26 Å². The highest BCUT2D eigenvalue weighted by Gasteiger charge is 2.20. The first-order chi connectivity index (χ1) is 12.6.